The van der Waals surface area contributed by atoms with Crippen LogP contribution in [-0.4, -0.2) is 6.43 Å². The normalized spacial score (nSPS) is 24.1. The number of halogens is 2. The lowest BCUT2D eigenvalue weighted by Crippen LogP contribution is -1.93. The smallest absolute Gasteiger partial charge is 0.205 e. The van der Waals surface area contributed by atoms with Crippen LogP contribution in [0.5, 0.6) is 0 Å². The Morgan fingerprint density at radius 2 is 2.17 bits per heavy atom. The third-order valence-electron chi connectivity index (χ3n) is 1.56. The first kappa shape index (κ1) is 8.99. The first-order valence-electron chi connectivity index (χ1n) is 3.91. The lowest BCUT2D eigenvalue weighted by molar-refractivity contribution is 0.193. The highest BCUT2D eigenvalue weighted by Gasteiger charge is 2.06. The summed E-state index contributed by atoms with van der Waals surface area (Å²) in [5, 5.41) is 0. The van der Waals surface area contributed by atoms with Gasteiger partial charge in [-0.2, -0.15) is 0 Å². The van der Waals surface area contributed by atoms with E-state index in [1.807, 2.05) is 0 Å². The maximum atomic E-state index is 12.2. The number of hydrogen-bond donors (Lipinski definition) is 0. The van der Waals surface area contributed by atoms with E-state index in [1.54, 1.807) is 12.2 Å². The molecule has 1 aliphatic rings. The molecular weight excluding hydrogens is 158 g/mol. The Labute approximate surface area is 71.0 Å². The SMILES string of the molecule is FC(F)C1=C/CCC#CC/C=C\1. The van der Waals surface area contributed by atoms with E-state index in [0.717, 1.165) is 0 Å². The third-order valence-corrected chi connectivity index (χ3v) is 1.56. The molecule has 0 fully saturated rings. The molecule has 0 radical (unpaired) electrons. The van der Waals surface area contributed by atoms with Crippen LogP contribution in [0.2, 0.25) is 0 Å². The van der Waals surface area contributed by atoms with Gasteiger partial charge in [0.15, 0.2) is 0 Å². The lowest BCUT2D eigenvalue weighted by atomic mass is 10.2. The minimum atomic E-state index is -2.36. The molecular formula is C10H10F2. The Morgan fingerprint density at radius 1 is 1.33 bits per heavy atom. The molecule has 64 valence electrons. The van der Waals surface area contributed by atoms with Crippen LogP contribution in [0.25, 0.3) is 0 Å². The minimum absolute atomic E-state index is 0.112. The zero-order valence-corrected chi connectivity index (χ0v) is 6.69. The standard InChI is InChI=1S/C10H10F2/c11-10(12)9-7-5-3-1-2-4-6-8-9/h5,7-8,10H,3-4,6H2/b7-5-,9-8+. The Morgan fingerprint density at radius 3 is 2.92 bits per heavy atom. The van der Waals surface area contributed by atoms with Crippen molar-refractivity contribution >= 4 is 0 Å². The summed E-state index contributed by atoms with van der Waals surface area (Å²) in [5.41, 5.74) is 0.112. The van der Waals surface area contributed by atoms with Crippen molar-refractivity contribution in [3.8, 4) is 11.8 Å². The van der Waals surface area contributed by atoms with Gasteiger partial charge in [0.1, 0.15) is 0 Å². The summed E-state index contributed by atoms with van der Waals surface area (Å²) in [6.07, 6.45) is 4.21. The van der Waals surface area contributed by atoms with E-state index >= 15 is 0 Å². The molecule has 0 spiro atoms. The molecule has 0 amide bonds. The fourth-order valence-corrected chi connectivity index (χ4v) is 0.955. The van der Waals surface area contributed by atoms with E-state index in [1.165, 1.54) is 6.08 Å². The highest BCUT2D eigenvalue weighted by Crippen LogP contribution is 2.12. The molecule has 2 heteroatoms. The van der Waals surface area contributed by atoms with Gasteiger partial charge in [-0.15, -0.1) is 5.92 Å². The van der Waals surface area contributed by atoms with Crippen molar-refractivity contribution in [2.24, 2.45) is 0 Å². The first-order chi connectivity index (χ1) is 5.80. The van der Waals surface area contributed by atoms with Crippen LogP contribution in [0.15, 0.2) is 23.8 Å². The van der Waals surface area contributed by atoms with Crippen molar-refractivity contribution in [1.29, 1.82) is 0 Å². The molecule has 0 nitrogen and oxygen atoms in total. The summed E-state index contributed by atoms with van der Waals surface area (Å²) in [5.74, 6) is 5.77. The van der Waals surface area contributed by atoms with E-state index < -0.39 is 6.43 Å². The zero-order valence-electron chi connectivity index (χ0n) is 6.69. The largest absolute Gasteiger partial charge is 0.263 e. The second kappa shape index (κ2) is 4.71. The summed E-state index contributed by atoms with van der Waals surface area (Å²) < 4.78 is 24.4. The highest BCUT2D eigenvalue weighted by atomic mass is 19.3. The molecule has 0 heterocycles. The quantitative estimate of drug-likeness (QED) is 0.528. The number of hydrogen-bond acceptors (Lipinski definition) is 0. The number of alkyl halides is 2. The molecule has 0 saturated carbocycles. The van der Waals surface area contributed by atoms with Gasteiger partial charge >= 0.3 is 0 Å². The summed E-state index contributed by atoms with van der Waals surface area (Å²) in [7, 11) is 0. The van der Waals surface area contributed by atoms with Crippen molar-refractivity contribution in [1.82, 2.24) is 0 Å². The van der Waals surface area contributed by atoms with E-state index in [0.29, 0.717) is 19.3 Å². The van der Waals surface area contributed by atoms with Crippen LogP contribution >= 0.6 is 0 Å². The van der Waals surface area contributed by atoms with Crippen molar-refractivity contribution in [3.63, 3.8) is 0 Å². The number of rotatable bonds is 1. The van der Waals surface area contributed by atoms with Gasteiger partial charge in [0.2, 0.25) is 0 Å². The molecule has 0 N–H and O–H groups in total. The van der Waals surface area contributed by atoms with Gasteiger partial charge in [0.05, 0.1) is 0 Å². The molecule has 0 saturated heterocycles. The van der Waals surface area contributed by atoms with E-state index in [4.69, 9.17) is 0 Å². The Bertz CT molecular complexity index is 251. The highest BCUT2D eigenvalue weighted by molar-refractivity contribution is 5.24. The second-order valence-corrected chi connectivity index (χ2v) is 2.50. The molecule has 0 atom stereocenters. The summed E-state index contributed by atoms with van der Waals surface area (Å²) >= 11 is 0. The third kappa shape index (κ3) is 2.87. The number of allylic oxidation sites excluding steroid dienone is 4. The van der Waals surface area contributed by atoms with Crippen LogP contribution in [0, 0.1) is 11.8 Å². The lowest BCUT2D eigenvalue weighted by Gasteiger charge is -1.98. The van der Waals surface area contributed by atoms with Crippen LogP contribution in [0.1, 0.15) is 19.3 Å². The molecule has 1 rings (SSSR count). The summed E-state index contributed by atoms with van der Waals surface area (Å²) in [6.45, 7) is 0. The molecule has 0 aliphatic heterocycles. The Kier molecular flexibility index (Phi) is 3.53. The summed E-state index contributed by atoms with van der Waals surface area (Å²) in [4.78, 5) is 0. The van der Waals surface area contributed by atoms with Gasteiger partial charge in [-0.05, 0) is 6.42 Å². The van der Waals surface area contributed by atoms with Crippen molar-refractivity contribution in [2.75, 3.05) is 0 Å². The van der Waals surface area contributed by atoms with E-state index in [-0.39, 0.29) is 5.57 Å². The Balaban J connectivity index is 2.67. The predicted molar refractivity (Wildman–Crippen MR) is 44.9 cm³/mol. The van der Waals surface area contributed by atoms with Gasteiger partial charge in [0.25, 0.3) is 6.43 Å². The molecule has 12 heavy (non-hydrogen) atoms. The monoisotopic (exact) mass is 168 g/mol. The second-order valence-electron chi connectivity index (χ2n) is 2.50. The van der Waals surface area contributed by atoms with Crippen LogP contribution < -0.4 is 0 Å². The van der Waals surface area contributed by atoms with Gasteiger partial charge in [-0.1, -0.05) is 24.1 Å². The molecule has 0 aromatic carbocycles. The first-order valence-corrected chi connectivity index (χ1v) is 3.91. The van der Waals surface area contributed by atoms with Gasteiger partial charge < -0.3 is 0 Å². The predicted octanol–water partition coefficient (Wildman–Crippen LogP) is 2.92. The topological polar surface area (TPSA) is 0 Å². The molecule has 0 unspecified atom stereocenters. The maximum absolute atomic E-state index is 12.2. The van der Waals surface area contributed by atoms with Crippen LogP contribution in [0.4, 0.5) is 8.78 Å². The van der Waals surface area contributed by atoms with Gasteiger partial charge in [0, 0.05) is 18.4 Å². The van der Waals surface area contributed by atoms with E-state index in [9.17, 15) is 8.78 Å². The zero-order chi connectivity index (χ0) is 8.81. The average Bonchev–Trinajstić information content (AvgIpc) is 2.15. The average molecular weight is 168 g/mol. The van der Waals surface area contributed by atoms with Crippen LogP contribution in [0.3, 0.4) is 0 Å². The molecule has 0 aromatic heterocycles. The fraction of sp³-hybridized carbons (Fsp3) is 0.400. The van der Waals surface area contributed by atoms with Gasteiger partial charge in [-0.25, -0.2) is 8.78 Å². The van der Waals surface area contributed by atoms with Crippen molar-refractivity contribution in [3.05, 3.63) is 23.8 Å². The van der Waals surface area contributed by atoms with Crippen molar-refractivity contribution in [2.45, 2.75) is 25.7 Å². The molecule has 1 aliphatic carbocycles. The fourth-order valence-electron chi connectivity index (χ4n) is 0.955. The van der Waals surface area contributed by atoms with Gasteiger partial charge in [-0.3, -0.25) is 0 Å². The summed E-state index contributed by atoms with van der Waals surface area (Å²) in [6, 6.07) is 0. The minimum Gasteiger partial charge on any atom is -0.205 e. The van der Waals surface area contributed by atoms with Crippen molar-refractivity contribution < 1.29 is 8.78 Å². The molecule has 0 bridgehead atoms. The maximum Gasteiger partial charge on any atom is 0.263 e. The Hall–Kier alpha value is -1.10. The van der Waals surface area contributed by atoms with E-state index in [2.05, 4.69) is 11.8 Å². The molecule has 0 aromatic rings. The van der Waals surface area contributed by atoms with Crippen LogP contribution in [-0.2, 0) is 0 Å².